The van der Waals surface area contributed by atoms with Gasteiger partial charge in [-0.15, -0.1) is 0 Å². The number of nitrogens with two attached hydrogens (primary N) is 1. The van der Waals surface area contributed by atoms with E-state index in [9.17, 15) is 17.6 Å². The van der Waals surface area contributed by atoms with Crippen molar-refractivity contribution in [3.63, 3.8) is 0 Å². The van der Waals surface area contributed by atoms with Gasteiger partial charge in [-0.2, -0.15) is 13.2 Å². The minimum Gasteiger partial charge on any atom is -0.398 e. The average Bonchev–Trinajstić information content (AvgIpc) is 2.28. The minimum absolute atomic E-state index is 0.171. The second-order valence-electron chi connectivity index (χ2n) is 3.81. The van der Waals surface area contributed by atoms with Crippen LogP contribution >= 0.6 is 0 Å². The van der Waals surface area contributed by atoms with Gasteiger partial charge >= 0.3 is 6.18 Å². The van der Waals surface area contributed by atoms with Crippen LogP contribution in [-0.4, -0.2) is 0 Å². The maximum Gasteiger partial charge on any atom is 0.416 e. The van der Waals surface area contributed by atoms with Crippen LogP contribution in [-0.2, 0) is 6.18 Å². The van der Waals surface area contributed by atoms with Crippen molar-refractivity contribution in [2.45, 2.75) is 6.18 Å². The lowest BCUT2D eigenvalue weighted by atomic mass is 10.0. The lowest BCUT2D eigenvalue weighted by Crippen LogP contribution is -2.05. The minimum atomic E-state index is -4.45. The zero-order chi connectivity index (χ0) is 13.3. The van der Waals surface area contributed by atoms with Crippen LogP contribution in [0.2, 0.25) is 0 Å². The van der Waals surface area contributed by atoms with Gasteiger partial charge in [-0.25, -0.2) is 4.39 Å². The van der Waals surface area contributed by atoms with Crippen LogP contribution in [0.3, 0.4) is 0 Å². The quantitative estimate of drug-likeness (QED) is 0.602. The predicted molar refractivity (Wildman–Crippen MR) is 61.3 cm³/mol. The number of nitrogen functional groups attached to an aromatic ring is 1. The second-order valence-corrected chi connectivity index (χ2v) is 3.81. The molecule has 18 heavy (non-hydrogen) atoms. The molecule has 0 amide bonds. The Labute approximate surface area is 101 Å². The maximum absolute atomic E-state index is 13.1. The molecule has 0 fully saturated rings. The molecule has 0 saturated carbocycles. The molecule has 0 bridgehead atoms. The van der Waals surface area contributed by atoms with Gasteiger partial charge in [0, 0.05) is 11.3 Å². The molecule has 0 heterocycles. The average molecular weight is 255 g/mol. The summed E-state index contributed by atoms with van der Waals surface area (Å²) in [5, 5.41) is 0. The van der Waals surface area contributed by atoms with Gasteiger partial charge in [0.05, 0.1) is 5.56 Å². The Morgan fingerprint density at radius 3 is 2.28 bits per heavy atom. The Hall–Kier alpha value is -2.04. The number of alkyl halides is 3. The molecular weight excluding hydrogens is 246 g/mol. The van der Waals surface area contributed by atoms with Gasteiger partial charge in [0.25, 0.3) is 0 Å². The summed E-state index contributed by atoms with van der Waals surface area (Å²) in [5.41, 5.74) is 5.48. The third-order valence-electron chi connectivity index (χ3n) is 2.52. The fraction of sp³-hybridized carbons (Fsp3) is 0.0769. The molecule has 0 atom stereocenters. The van der Waals surface area contributed by atoms with Crippen LogP contribution in [0.5, 0.6) is 0 Å². The summed E-state index contributed by atoms with van der Waals surface area (Å²) in [7, 11) is 0. The van der Waals surface area contributed by atoms with E-state index in [1.165, 1.54) is 24.3 Å². The van der Waals surface area contributed by atoms with Gasteiger partial charge in [0.2, 0.25) is 0 Å². The largest absolute Gasteiger partial charge is 0.416 e. The molecule has 2 N–H and O–H groups in total. The number of halogens is 4. The molecule has 94 valence electrons. The van der Waals surface area contributed by atoms with Crippen LogP contribution in [0.1, 0.15) is 5.56 Å². The van der Waals surface area contributed by atoms with Crippen molar-refractivity contribution in [3.8, 4) is 11.1 Å². The third kappa shape index (κ3) is 2.45. The number of benzene rings is 2. The molecule has 0 radical (unpaired) electrons. The van der Waals surface area contributed by atoms with Gasteiger partial charge in [-0.1, -0.05) is 12.1 Å². The standard InChI is InChI=1S/C13H9F4N/c14-10-3-1-2-8(6-10)11-7-9(13(15,16)17)4-5-12(11)18/h1-7H,18H2. The highest BCUT2D eigenvalue weighted by Gasteiger charge is 2.30. The fourth-order valence-electron chi connectivity index (χ4n) is 1.64. The Balaban J connectivity index is 2.57. The summed E-state index contributed by atoms with van der Waals surface area (Å²) >= 11 is 0. The van der Waals surface area contributed by atoms with Crippen LogP contribution in [0, 0.1) is 5.82 Å². The molecule has 0 unspecified atom stereocenters. The number of hydrogen-bond acceptors (Lipinski definition) is 1. The topological polar surface area (TPSA) is 26.0 Å². The Morgan fingerprint density at radius 2 is 1.67 bits per heavy atom. The van der Waals surface area contributed by atoms with E-state index in [1.54, 1.807) is 0 Å². The second kappa shape index (κ2) is 4.33. The van der Waals surface area contributed by atoms with Gasteiger partial charge < -0.3 is 5.73 Å². The molecule has 0 saturated heterocycles. The molecule has 0 aliphatic rings. The first kappa shape index (κ1) is 12.4. The third-order valence-corrected chi connectivity index (χ3v) is 2.52. The highest BCUT2D eigenvalue weighted by molar-refractivity contribution is 5.77. The van der Waals surface area contributed by atoms with Crippen LogP contribution in [0.25, 0.3) is 11.1 Å². The van der Waals surface area contributed by atoms with Crippen LogP contribution < -0.4 is 5.73 Å². The number of hydrogen-bond donors (Lipinski definition) is 1. The fourth-order valence-corrected chi connectivity index (χ4v) is 1.64. The summed E-state index contributed by atoms with van der Waals surface area (Å²) < 4.78 is 50.8. The highest BCUT2D eigenvalue weighted by atomic mass is 19.4. The first-order valence-electron chi connectivity index (χ1n) is 5.10. The monoisotopic (exact) mass is 255 g/mol. The normalized spacial score (nSPS) is 11.6. The van der Waals surface area contributed by atoms with E-state index in [0.29, 0.717) is 5.56 Å². The van der Waals surface area contributed by atoms with E-state index in [0.717, 1.165) is 18.2 Å². The van der Waals surface area contributed by atoms with Crippen molar-refractivity contribution in [1.82, 2.24) is 0 Å². The molecule has 0 aliphatic carbocycles. The molecule has 2 aromatic rings. The smallest absolute Gasteiger partial charge is 0.398 e. The molecule has 0 aliphatic heterocycles. The van der Waals surface area contributed by atoms with E-state index >= 15 is 0 Å². The van der Waals surface area contributed by atoms with E-state index in [2.05, 4.69) is 0 Å². The summed E-state index contributed by atoms with van der Waals surface area (Å²) in [4.78, 5) is 0. The van der Waals surface area contributed by atoms with Crippen molar-refractivity contribution in [2.24, 2.45) is 0 Å². The lowest BCUT2D eigenvalue weighted by Gasteiger charge is -2.11. The summed E-state index contributed by atoms with van der Waals surface area (Å²) in [5.74, 6) is -0.524. The van der Waals surface area contributed by atoms with Crippen molar-refractivity contribution in [2.75, 3.05) is 5.73 Å². The van der Waals surface area contributed by atoms with Gasteiger partial charge in [0.1, 0.15) is 5.82 Å². The van der Waals surface area contributed by atoms with E-state index in [4.69, 9.17) is 5.73 Å². The van der Waals surface area contributed by atoms with Crippen LogP contribution in [0.4, 0.5) is 23.2 Å². The summed E-state index contributed by atoms with van der Waals surface area (Å²) in [6.45, 7) is 0. The Bertz CT molecular complexity index is 575. The molecule has 1 nitrogen and oxygen atoms in total. The molecular formula is C13H9F4N. The van der Waals surface area contributed by atoms with Crippen LogP contribution in [0.15, 0.2) is 42.5 Å². The van der Waals surface area contributed by atoms with Crippen molar-refractivity contribution < 1.29 is 17.6 Å². The van der Waals surface area contributed by atoms with Gasteiger partial charge in [0.15, 0.2) is 0 Å². The van der Waals surface area contributed by atoms with Crippen molar-refractivity contribution in [1.29, 1.82) is 0 Å². The first-order chi connectivity index (χ1) is 8.38. The van der Waals surface area contributed by atoms with Crippen molar-refractivity contribution >= 4 is 5.69 Å². The molecule has 2 aromatic carbocycles. The molecule has 0 spiro atoms. The van der Waals surface area contributed by atoms with Gasteiger partial charge in [-0.05, 0) is 35.9 Å². The summed E-state index contributed by atoms with van der Waals surface area (Å²) in [6.07, 6.45) is -4.45. The molecule has 0 aromatic heterocycles. The van der Waals surface area contributed by atoms with Crippen molar-refractivity contribution in [3.05, 3.63) is 53.8 Å². The molecule has 2 rings (SSSR count). The Kier molecular flexibility index (Phi) is 2.98. The Morgan fingerprint density at radius 1 is 0.944 bits per heavy atom. The number of anilines is 1. The highest BCUT2D eigenvalue weighted by Crippen LogP contribution is 2.35. The van der Waals surface area contributed by atoms with E-state index in [1.807, 2.05) is 0 Å². The lowest BCUT2D eigenvalue weighted by molar-refractivity contribution is -0.137. The zero-order valence-electron chi connectivity index (χ0n) is 9.13. The maximum atomic E-state index is 13.1. The SMILES string of the molecule is Nc1ccc(C(F)(F)F)cc1-c1cccc(F)c1. The summed E-state index contributed by atoms with van der Waals surface area (Å²) in [6, 6.07) is 8.28. The number of rotatable bonds is 1. The zero-order valence-corrected chi connectivity index (χ0v) is 9.13. The van der Waals surface area contributed by atoms with Gasteiger partial charge in [-0.3, -0.25) is 0 Å². The van der Waals surface area contributed by atoms with E-state index < -0.39 is 17.6 Å². The first-order valence-corrected chi connectivity index (χ1v) is 5.10. The predicted octanol–water partition coefficient (Wildman–Crippen LogP) is 4.09. The molecule has 5 heteroatoms. The van der Waals surface area contributed by atoms with E-state index in [-0.39, 0.29) is 11.3 Å².